The smallest absolute Gasteiger partial charge is 0.251 e. The summed E-state index contributed by atoms with van der Waals surface area (Å²) in [5, 5.41) is 7.39. The normalized spacial score (nSPS) is 12.0. The Bertz CT molecular complexity index is 859. The number of aryl methyl sites for hydroxylation is 1. The Morgan fingerprint density at radius 3 is 2.67 bits per heavy atom. The third-order valence-corrected chi connectivity index (χ3v) is 3.79. The molecule has 0 aliphatic carbocycles. The van der Waals surface area contributed by atoms with Crippen LogP contribution in [-0.4, -0.2) is 16.0 Å². The fourth-order valence-corrected chi connectivity index (χ4v) is 2.39. The van der Waals surface area contributed by atoms with E-state index in [0.29, 0.717) is 22.3 Å². The van der Waals surface area contributed by atoms with Gasteiger partial charge in [0.05, 0.1) is 0 Å². The number of nitrogens with zero attached hydrogens (tertiary/aromatic N) is 2. The summed E-state index contributed by atoms with van der Waals surface area (Å²) >= 11 is 5.97. The van der Waals surface area contributed by atoms with Crippen molar-refractivity contribution in [3.05, 3.63) is 70.6 Å². The molecule has 3 rings (SSSR count). The van der Waals surface area contributed by atoms with Gasteiger partial charge in [0.25, 0.3) is 5.91 Å². The number of halogens is 1. The Labute approximate surface area is 144 Å². The lowest BCUT2D eigenvalue weighted by atomic mass is 10.1. The first-order valence-corrected chi connectivity index (χ1v) is 7.88. The number of nitrogens with one attached hydrogen (secondary N) is 1. The zero-order valence-corrected chi connectivity index (χ0v) is 14.0. The quantitative estimate of drug-likeness (QED) is 0.772. The first-order chi connectivity index (χ1) is 11.5. The summed E-state index contributed by atoms with van der Waals surface area (Å²) in [6, 6.07) is 14.1. The topological polar surface area (TPSA) is 68.0 Å². The number of benzene rings is 2. The summed E-state index contributed by atoms with van der Waals surface area (Å²) in [5.41, 5.74) is 2.44. The second-order valence-electron chi connectivity index (χ2n) is 5.53. The van der Waals surface area contributed by atoms with Crippen molar-refractivity contribution in [2.24, 2.45) is 0 Å². The van der Waals surface area contributed by atoms with Crippen LogP contribution in [0.5, 0.6) is 0 Å². The number of aromatic nitrogens is 2. The molecule has 1 N–H and O–H groups in total. The van der Waals surface area contributed by atoms with Crippen LogP contribution >= 0.6 is 11.6 Å². The van der Waals surface area contributed by atoms with Crippen LogP contribution in [0.1, 0.15) is 34.8 Å². The highest BCUT2D eigenvalue weighted by Gasteiger charge is 2.18. The van der Waals surface area contributed by atoms with E-state index in [4.69, 9.17) is 16.1 Å². The van der Waals surface area contributed by atoms with Gasteiger partial charge in [-0.1, -0.05) is 46.6 Å². The molecule has 5 nitrogen and oxygen atoms in total. The monoisotopic (exact) mass is 341 g/mol. The van der Waals surface area contributed by atoms with Crippen molar-refractivity contribution in [3.8, 4) is 11.4 Å². The Morgan fingerprint density at radius 2 is 1.96 bits per heavy atom. The van der Waals surface area contributed by atoms with E-state index in [2.05, 4.69) is 15.5 Å². The van der Waals surface area contributed by atoms with E-state index in [1.807, 2.05) is 31.2 Å². The van der Waals surface area contributed by atoms with E-state index >= 15 is 0 Å². The zero-order chi connectivity index (χ0) is 17.1. The van der Waals surface area contributed by atoms with Crippen molar-refractivity contribution in [2.45, 2.75) is 19.9 Å². The minimum absolute atomic E-state index is 0.190. The highest BCUT2D eigenvalue weighted by molar-refractivity contribution is 6.30. The van der Waals surface area contributed by atoms with Gasteiger partial charge in [-0.15, -0.1) is 0 Å². The highest BCUT2D eigenvalue weighted by atomic mass is 35.5. The van der Waals surface area contributed by atoms with E-state index in [0.717, 1.165) is 11.1 Å². The van der Waals surface area contributed by atoms with Gasteiger partial charge in [0.2, 0.25) is 11.7 Å². The van der Waals surface area contributed by atoms with Gasteiger partial charge >= 0.3 is 0 Å². The van der Waals surface area contributed by atoms with Crippen LogP contribution in [0, 0.1) is 6.92 Å². The third-order valence-electron chi connectivity index (χ3n) is 3.56. The van der Waals surface area contributed by atoms with Crippen molar-refractivity contribution in [1.82, 2.24) is 15.5 Å². The summed E-state index contributed by atoms with van der Waals surface area (Å²) in [6.07, 6.45) is 0. The van der Waals surface area contributed by atoms with Crippen LogP contribution in [-0.2, 0) is 0 Å². The molecular weight excluding hydrogens is 326 g/mol. The molecule has 1 aromatic heterocycles. The van der Waals surface area contributed by atoms with Gasteiger partial charge in [0, 0.05) is 16.1 Å². The summed E-state index contributed by atoms with van der Waals surface area (Å²) < 4.78 is 5.26. The molecule has 0 aliphatic heterocycles. The molecule has 1 amide bonds. The van der Waals surface area contributed by atoms with Crippen molar-refractivity contribution in [1.29, 1.82) is 0 Å². The fraction of sp³-hybridized carbons (Fsp3) is 0.167. The maximum atomic E-state index is 12.2. The highest BCUT2D eigenvalue weighted by Crippen LogP contribution is 2.21. The predicted molar refractivity (Wildman–Crippen MR) is 91.8 cm³/mol. The van der Waals surface area contributed by atoms with Crippen molar-refractivity contribution >= 4 is 17.5 Å². The molecule has 0 saturated carbocycles. The van der Waals surface area contributed by atoms with E-state index in [1.165, 1.54) is 0 Å². The number of carbonyl (C=O) groups excluding carboxylic acids is 1. The SMILES string of the molecule is Cc1ccc(C(=O)N[C@H](C)c2nc(-c3cccc(Cl)c3)no2)cc1. The van der Waals surface area contributed by atoms with Crippen LogP contribution in [0.4, 0.5) is 0 Å². The average Bonchev–Trinajstić information content (AvgIpc) is 3.05. The molecule has 1 heterocycles. The first-order valence-electron chi connectivity index (χ1n) is 7.50. The van der Waals surface area contributed by atoms with Gasteiger partial charge in [-0.3, -0.25) is 4.79 Å². The molecule has 6 heteroatoms. The average molecular weight is 342 g/mol. The van der Waals surface area contributed by atoms with E-state index in [-0.39, 0.29) is 5.91 Å². The number of hydrogen-bond acceptors (Lipinski definition) is 4. The lowest BCUT2D eigenvalue weighted by Gasteiger charge is -2.09. The van der Waals surface area contributed by atoms with Crippen LogP contribution < -0.4 is 5.32 Å². The summed E-state index contributed by atoms with van der Waals surface area (Å²) in [4.78, 5) is 16.6. The molecule has 0 radical (unpaired) electrons. The molecule has 0 aliphatic rings. The number of hydrogen-bond donors (Lipinski definition) is 1. The Hall–Kier alpha value is -2.66. The lowest BCUT2D eigenvalue weighted by molar-refractivity contribution is 0.0932. The maximum Gasteiger partial charge on any atom is 0.251 e. The fourth-order valence-electron chi connectivity index (χ4n) is 2.20. The second kappa shape index (κ2) is 6.84. The lowest BCUT2D eigenvalue weighted by Crippen LogP contribution is -2.26. The molecule has 0 unspecified atom stereocenters. The molecule has 0 spiro atoms. The van der Waals surface area contributed by atoms with E-state index < -0.39 is 6.04 Å². The van der Waals surface area contributed by atoms with Crippen LogP contribution in [0.25, 0.3) is 11.4 Å². The molecule has 3 aromatic rings. The molecule has 0 fully saturated rings. The molecule has 24 heavy (non-hydrogen) atoms. The maximum absolute atomic E-state index is 12.2. The molecule has 2 aromatic carbocycles. The predicted octanol–water partition coefficient (Wildman–Crippen LogP) is 4.19. The van der Waals surface area contributed by atoms with Crippen molar-refractivity contribution < 1.29 is 9.32 Å². The Balaban J connectivity index is 1.73. The van der Waals surface area contributed by atoms with Crippen molar-refractivity contribution in [2.75, 3.05) is 0 Å². The van der Waals surface area contributed by atoms with Gasteiger partial charge < -0.3 is 9.84 Å². The summed E-state index contributed by atoms with van der Waals surface area (Å²) in [5.74, 6) is 0.583. The minimum atomic E-state index is -0.403. The van der Waals surface area contributed by atoms with Crippen molar-refractivity contribution in [3.63, 3.8) is 0 Å². The number of rotatable bonds is 4. The van der Waals surface area contributed by atoms with Gasteiger partial charge in [0.15, 0.2) is 0 Å². The Kier molecular flexibility index (Phi) is 4.62. The summed E-state index contributed by atoms with van der Waals surface area (Å²) in [6.45, 7) is 3.77. The molecule has 0 saturated heterocycles. The summed E-state index contributed by atoms with van der Waals surface area (Å²) in [7, 11) is 0. The first kappa shape index (κ1) is 16.2. The second-order valence-corrected chi connectivity index (χ2v) is 5.96. The van der Waals surface area contributed by atoms with Gasteiger partial charge in [0.1, 0.15) is 6.04 Å². The Morgan fingerprint density at radius 1 is 1.21 bits per heavy atom. The van der Waals surface area contributed by atoms with Crippen LogP contribution in [0.3, 0.4) is 0 Å². The van der Waals surface area contributed by atoms with Gasteiger partial charge in [-0.25, -0.2) is 0 Å². The molecule has 0 bridgehead atoms. The number of carbonyl (C=O) groups is 1. The third kappa shape index (κ3) is 3.63. The van der Waals surface area contributed by atoms with Gasteiger partial charge in [-0.05, 0) is 38.1 Å². The zero-order valence-electron chi connectivity index (χ0n) is 13.3. The number of amides is 1. The molecule has 122 valence electrons. The minimum Gasteiger partial charge on any atom is -0.341 e. The van der Waals surface area contributed by atoms with Gasteiger partial charge in [-0.2, -0.15) is 4.98 Å². The molecule has 1 atom stereocenters. The molecular formula is C18H16ClN3O2. The largest absolute Gasteiger partial charge is 0.341 e. The van der Waals surface area contributed by atoms with E-state index in [9.17, 15) is 4.79 Å². The van der Waals surface area contributed by atoms with Crippen LogP contribution in [0.2, 0.25) is 5.02 Å². The standard InChI is InChI=1S/C18H16ClN3O2/c1-11-6-8-13(9-7-11)17(23)20-12(2)18-21-16(22-24-18)14-4-3-5-15(19)10-14/h3-10,12H,1-2H3,(H,20,23)/t12-/m1/s1. The van der Waals surface area contributed by atoms with E-state index in [1.54, 1.807) is 31.2 Å². The van der Waals surface area contributed by atoms with Crippen LogP contribution in [0.15, 0.2) is 53.1 Å².